The van der Waals surface area contributed by atoms with Gasteiger partial charge in [-0.25, -0.2) is 23.7 Å². The van der Waals surface area contributed by atoms with Gasteiger partial charge in [-0.3, -0.25) is 10.1 Å². The van der Waals surface area contributed by atoms with Gasteiger partial charge in [0.2, 0.25) is 11.6 Å². The third kappa shape index (κ3) is 3.69. The van der Waals surface area contributed by atoms with E-state index in [2.05, 4.69) is 25.6 Å². The van der Waals surface area contributed by atoms with Gasteiger partial charge in [0.15, 0.2) is 11.6 Å². The van der Waals surface area contributed by atoms with Gasteiger partial charge in [-0.15, -0.1) is 0 Å². The number of pyridine rings is 1. The van der Waals surface area contributed by atoms with Crippen LogP contribution in [0.3, 0.4) is 0 Å². The maximum absolute atomic E-state index is 13.3. The van der Waals surface area contributed by atoms with Crippen LogP contribution in [-0.2, 0) is 0 Å². The van der Waals surface area contributed by atoms with E-state index in [4.69, 9.17) is 0 Å². The second-order valence-corrected chi connectivity index (χ2v) is 5.28. The quantitative estimate of drug-likeness (QED) is 0.527. The molecule has 0 amide bonds. The van der Waals surface area contributed by atoms with Gasteiger partial charge in [0.25, 0.3) is 0 Å². The van der Waals surface area contributed by atoms with Gasteiger partial charge in [-0.05, 0) is 30.7 Å². The summed E-state index contributed by atoms with van der Waals surface area (Å²) in [7, 11) is 0. The smallest absolute Gasteiger partial charge is 0.334 e. The van der Waals surface area contributed by atoms with E-state index < -0.39 is 22.2 Å². The predicted molar refractivity (Wildman–Crippen MR) is 90.6 cm³/mol. The Morgan fingerprint density at radius 3 is 2.35 bits per heavy atom. The van der Waals surface area contributed by atoms with E-state index in [1.807, 2.05) is 6.92 Å². The minimum absolute atomic E-state index is 0.0913. The molecule has 2 aromatic heterocycles. The molecule has 26 heavy (non-hydrogen) atoms. The highest BCUT2D eigenvalue weighted by atomic mass is 19.2. The zero-order chi connectivity index (χ0) is 18.7. The summed E-state index contributed by atoms with van der Waals surface area (Å²) < 4.78 is 26.4. The molecule has 10 heteroatoms. The van der Waals surface area contributed by atoms with Gasteiger partial charge in [-0.1, -0.05) is 6.07 Å². The van der Waals surface area contributed by atoms with Crippen molar-refractivity contribution in [2.75, 3.05) is 10.6 Å². The van der Waals surface area contributed by atoms with E-state index in [9.17, 15) is 18.9 Å². The Morgan fingerprint density at radius 1 is 1.00 bits per heavy atom. The first-order chi connectivity index (χ1) is 12.4. The van der Waals surface area contributed by atoms with Crippen molar-refractivity contribution in [2.45, 2.75) is 6.92 Å². The van der Waals surface area contributed by atoms with Crippen molar-refractivity contribution in [3.05, 3.63) is 70.2 Å². The third-order valence-corrected chi connectivity index (χ3v) is 3.35. The number of hydrogen-bond donors (Lipinski definition) is 2. The fourth-order valence-corrected chi connectivity index (χ4v) is 2.11. The number of aromatic nitrogens is 3. The zero-order valence-corrected chi connectivity index (χ0v) is 13.4. The molecule has 0 aliphatic carbocycles. The molecule has 3 aromatic rings. The summed E-state index contributed by atoms with van der Waals surface area (Å²) in [5, 5.41) is 16.8. The molecule has 0 bridgehead atoms. The first-order valence-corrected chi connectivity index (χ1v) is 7.35. The van der Waals surface area contributed by atoms with E-state index in [-0.39, 0.29) is 17.3 Å². The lowest BCUT2D eigenvalue weighted by Gasteiger charge is -2.10. The first-order valence-electron chi connectivity index (χ1n) is 7.35. The van der Waals surface area contributed by atoms with Gasteiger partial charge < -0.3 is 10.6 Å². The summed E-state index contributed by atoms with van der Waals surface area (Å²) in [5.41, 5.74) is 0.568. The Labute approximate surface area is 146 Å². The number of hydrogen-bond acceptors (Lipinski definition) is 7. The number of nitrogens with one attached hydrogen (secondary N) is 2. The van der Waals surface area contributed by atoms with E-state index in [1.165, 1.54) is 6.07 Å². The van der Waals surface area contributed by atoms with Crippen molar-refractivity contribution < 1.29 is 13.7 Å². The van der Waals surface area contributed by atoms with Crippen molar-refractivity contribution in [1.29, 1.82) is 0 Å². The van der Waals surface area contributed by atoms with Crippen LogP contribution in [-0.4, -0.2) is 19.9 Å². The average Bonchev–Trinajstić information content (AvgIpc) is 2.60. The zero-order valence-electron chi connectivity index (χ0n) is 13.4. The second kappa shape index (κ2) is 7.05. The monoisotopic (exact) mass is 358 g/mol. The molecule has 0 saturated heterocycles. The molecule has 2 N–H and O–H groups in total. The van der Waals surface area contributed by atoms with Crippen molar-refractivity contribution in [2.24, 2.45) is 0 Å². The van der Waals surface area contributed by atoms with Crippen LogP contribution in [0.5, 0.6) is 0 Å². The number of rotatable bonds is 5. The van der Waals surface area contributed by atoms with Crippen LogP contribution < -0.4 is 10.6 Å². The molecular formula is C16H12F2N6O2. The largest absolute Gasteiger partial charge is 0.353 e. The van der Waals surface area contributed by atoms with E-state index in [0.717, 1.165) is 24.0 Å². The van der Waals surface area contributed by atoms with Gasteiger partial charge in [0.05, 0.1) is 4.92 Å². The molecule has 0 radical (unpaired) electrons. The fraction of sp³-hybridized carbons (Fsp3) is 0.0625. The Morgan fingerprint density at radius 2 is 1.73 bits per heavy atom. The molecule has 0 aliphatic rings. The summed E-state index contributed by atoms with van der Waals surface area (Å²) in [6.45, 7) is 1.85. The van der Waals surface area contributed by atoms with Gasteiger partial charge in [0.1, 0.15) is 12.1 Å². The summed E-state index contributed by atoms with van der Waals surface area (Å²) >= 11 is 0. The molecule has 2 heterocycles. The van der Waals surface area contributed by atoms with Crippen molar-refractivity contribution in [3.8, 4) is 0 Å². The maximum Gasteiger partial charge on any atom is 0.353 e. The van der Waals surface area contributed by atoms with Crippen LogP contribution in [0.1, 0.15) is 5.56 Å². The molecule has 0 aliphatic heterocycles. The van der Waals surface area contributed by atoms with Gasteiger partial charge >= 0.3 is 5.69 Å². The normalized spacial score (nSPS) is 10.4. The maximum atomic E-state index is 13.3. The van der Waals surface area contributed by atoms with Gasteiger partial charge in [-0.2, -0.15) is 0 Å². The van der Waals surface area contributed by atoms with Crippen LogP contribution >= 0.6 is 0 Å². The van der Waals surface area contributed by atoms with Gasteiger partial charge in [0, 0.05) is 18.0 Å². The summed E-state index contributed by atoms with van der Waals surface area (Å²) in [4.78, 5) is 22.6. The molecule has 0 atom stereocenters. The summed E-state index contributed by atoms with van der Waals surface area (Å²) in [6.07, 6.45) is 2.70. The third-order valence-electron chi connectivity index (χ3n) is 3.35. The molecule has 1 aromatic carbocycles. The van der Waals surface area contributed by atoms with Crippen molar-refractivity contribution in [3.63, 3.8) is 0 Å². The fourth-order valence-electron chi connectivity index (χ4n) is 2.11. The highest BCUT2D eigenvalue weighted by Crippen LogP contribution is 2.32. The van der Waals surface area contributed by atoms with Crippen LogP contribution in [0, 0.1) is 28.7 Å². The molecule has 3 rings (SSSR count). The summed E-state index contributed by atoms with van der Waals surface area (Å²) in [5.74, 6) is -2.03. The molecule has 0 spiro atoms. The lowest BCUT2D eigenvalue weighted by molar-refractivity contribution is -0.383. The van der Waals surface area contributed by atoms with Crippen LogP contribution in [0.2, 0.25) is 0 Å². The number of benzene rings is 1. The van der Waals surface area contributed by atoms with Crippen molar-refractivity contribution >= 4 is 28.8 Å². The molecule has 0 fully saturated rings. The number of aryl methyl sites for hydroxylation is 1. The Balaban J connectivity index is 1.96. The van der Waals surface area contributed by atoms with Crippen molar-refractivity contribution in [1.82, 2.24) is 15.0 Å². The lowest BCUT2D eigenvalue weighted by Crippen LogP contribution is -2.06. The molecular weight excluding hydrogens is 346 g/mol. The lowest BCUT2D eigenvalue weighted by atomic mass is 10.3. The Kier molecular flexibility index (Phi) is 4.65. The number of halogens is 2. The topological polar surface area (TPSA) is 106 Å². The summed E-state index contributed by atoms with van der Waals surface area (Å²) in [6, 6.07) is 6.43. The number of nitro groups is 1. The molecule has 8 nitrogen and oxygen atoms in total. The molecule has 0 saturated carbocycles. The Bertz CT molecular complexity index is 965. The van der Waals surface area contributed by atoms with Crippen LogP contribution in [0.25, 0.3) is 0 Å². The average molecular weight is 358 g/mol. The predicted octanol–water partition coefficient (Wildman–Crippen LogP) is 3.85. The van der Waals surface area contributed by atoms with E-state index in [1.54, 1.807) is 18.3 Å². The minimum Gasteiger partial charge on any atom is -0.334 e. The van der Waals surface area contributed by atoms with Crippen LogP contribution in [0.15, 0.2) is 42.9 Å². The number of anilines is 4. The molecule has 0 unspecified atom stereocenters. The SMILES string of the molecule is Cc1ccc(Nc2ncnc(Nc3ccc(F)c(F)c3)c2[N+](=O)[O-])nc1. The van der Waals surface area contributed by atoms with Crippen LogP contribution in [0.4, 0.5) is 37.6 Å². The standard InChI is InChI=1S/C16H12F2N6O2/c1-9-2-5-13(19-7-9)23-16-14(24(25)26)15(20-8-21-16)22-10-3-4-11(17)12(18)6-10/h2-8H,1H3,(H2,19,20,21,22,23). The van der Waals surface area contributed by atoms with E-state index in [0.29, 0.717) is 5.82 Å². The first kappa shape index (κ1) is 17.1. The Hall–Kier alpha value is -3.69. The molecule has 132 valence electrons. The number of nitrogens with zero attached hydrogens (tertiary/aromatic N) is 4. The highest BCUT2D eigenvalue weighted by molar-refractivity contribution is 5.76. The van der Waals surface area contributed by atoms with E-state index >= 15 is 0 Å². The second-order valence-electron chi connectivity index (χ2n) is 5.28. The highest BCUT2D eigenvalue weighted by Gasteiger charge is 2.23. The minimum atomic E-state index is -1.09.